The van der Waals surface area contributed by atoms with Crippen molar-refractivity contribution in [3.05, 3.63) is 41.0 Å². The van der Waals surface area contributed by atoms with Gasteiger partial charge in [0.05, 0.1) is 7.11 Å². The van der Waals surface area contributed by atoms with Crippen LogP contribution in [-0.4, -0.2) is 18.2 Å². The SMILES string of the molecule is COc1ccc2c(c1)CC[C@@H]1[C@@H]2CC[C@]2(C)C(C(=O)O)=CC[C@H]12. The minimum absolute atomic E-state index is 0.128. The Balaban J connectivity index is 1.67. The van der Waals surface area contributed by atoms with E-state index in [2.05, 4.69) is 25.1 Å². The minimum Gasteiger partial charge on any atom is -0.497 e. The molecule has 0 amide bonds. The van der Waals surface area contributed by atoms with E-state index in [9.17, 15) is 9.90 Å². The van der Waals surface area contributed by atoms with Crippen molar-refractivity contribution < 1.29 is 14.6 Å². The van der Waals surface area contributed by atoms with Gasteiger partial charge in [0.1, 0.15) is 5.75 Å². The number of allylic oxidation sites excluding steroid dienone is 1. The number of aliphatic carboxylic acids is 1. The summed E-state index contributed by atoms with van der Waals surface area (Å²) in [5.74, 6) is 1.92. The van der Waals surface area contributed by atoms with Crippen LogP contribution < -0.4 is 4.74 Å². The van der Waals surface area contributed by atoms with Crippen molar-refractivity contribution in [2.75, 3.05) is 7.11 Å². The average Bonchev–Trinajstić information content (AvgIpc) is 2.91. The third-order valence-electron chi connectivity index (χ3n) is 6.74. The number of methoxy groups -OCH3 is 1. The summed E-state index contributed by atoms with van der Waals surface area (Å²) < 4.78 is 5.37. The molecule has 4 rings (SSSR count). The largest absolute Gasteiger partial charge is 0.497 e. The molecule has 1 aromatic rings. The van der Waals surface area contributed by atoms with Gasteiger partial charge in [0, 0.05) is 11.0 Å². The van der Waals surface area contributed by atoms with Gasteiger partial charge < -0.3 is 9.84 Å². The van der Waals surface area contributed by atoms with Crippen LogP contribution in [-0.2, 0) is 11.2 Å². The van der Waals surface area contributed by atoms with E-state index in [1.807, 2.05) is 6.08 Å². The lowest BCUT2D eigenvalue weighted by Gasteiger charge is -2.49. The first-order valence-electron chi connectivity index (χ1n) is 8.65. The van der Waals surface area contributed by atoms with Crippen LogP contribution in [0.1, 0.15) is 49.7 Å². The number of fused-ring (bicyclic) bond motifs is 5. The molecule has 4 atom stereocenters. The van der Waals surface area contributed by atoms with Crippen molar-refractivity contribution in [2.45, 2.75) is 44.9 Å². The van der Waals surface area contributed by atoms with Gasteiger partial charge in [-0.25, -0.2) is 4.79 Å². The lowest BCUT2D eigenvalue weighted by atomic mass is 9.54. The minimum atomic E-state index is -0.714. The van der Waals surface area contributed by atoms with Gasteiger partial charge in [-0.2, -0.15) is 0 Å². The summed E-state index contributed by atoms with van der Waals surface area (Å²) in [6.45, 7) is 2.18. The summed E-state index contributed by atoms with van der Waals surface area (Å²) in [5, 5.41) is 9.55. The second-order valence-corrected chi connectivity index (χ2v) is 7.60. The fraction of sp³-hybridized carbons (Fsp3) is 0.550. The summed E-state index contributed by atoms with van der Waals surface area (Å²) in [7, 11) is 1.72. The highest BCUT2D eigenvalue weighted by atomic mass is 16.5. The van der Waals surface area contributed by atoms with Crippen LogP contribution in [0.25, 0.3) is 0 Å². The number of carbonyl (C=O) groups is 1. The van der Waals surface area contributed by atoms with Crippen molar-refractivity contribution >= 4 is 5.97 Å². The predicted octanol–water partition coefficient (Wildman–Crippen LogP) is 4.17. The van der Waals surface area contributed by atoms with Gasteiger partial charge in [0.15, 0.2) is 0 Å². The zero-order valence-corrected chi connectivity index (χ0v) is 13.8. The Morgan fingerprint density at radius 3 is 2.91 bits per heavy atom. The van der Waals surface area contributed by atoms with E-state index in [1.54, 1.807) is 7.11 Å². The van der Waals surface area contributed by atoms with Crippen molar-refractivity contribution in [1.29, 1.82) is 0 Å². The molecule has 0 aliphatic heterocycles. The summed E-state index contributed by atoms with van der Waals surface area (Å²) in [4.78, 5) is 11.6. The lowest BCUT2D eigenvalue weighted by molar-refractivity contribution is -0.134. The fourth-order valence-electron chi connectivity index (χ4n) is 5.58. The van der Waals surface area contributed by atoms with E-state index in [-0.39, 0.29) is 5.41 Å². The van der Waals surface area contributed by atoms with Gasteiger partial charge in [-0.15, -0.1) is 0 Å². The molecule has 3 aliphatic carbocycles. The molecule has 3 aliphatic rings. The fourth-order valence-corrected chi connectivity index (χ4v) is 5.58. The normalized spacial score (nSPS) is 34.9. The van der Waals surface area contributed by atoms with E-state index in [0.717, 1.165) is 31.4 Å². The first kappa shape index (κ1) is 14.8. The number of hydrogen-bond acceptors (Lipinski definition) is 2. The van der Waals surface area contributed by atoms with Crippen LogP contribution in [0.15, 0.2) is 29.8 Å². The summed E-state index contributed by atoms with van der Waals surface area (Å²) in [6.07, 6.45) is 7.28. The van der Waals surface area contributed by atoms with E-state index >= 15 is 0 Å². The molecule has 3 heteroatoms. The van der Waals surface area contributed by atoms with E-state index in [0.29, 0.717) is 23.3 Å². The Bertz CT molecular complexity index is 690. The van der Waals surface area contributed by atoms with Crippen LogP contribution in [0.3, 0.4) is 0 Å². The third kappa shape index (κ3) is 2.05. The molecule has 1 saturated carbocycles. The zero-order valence-electron chi connectivity index (χ0n) is 13.8. The van der Waals surface area contributed by atoms with E-state index in [1.165, 1.54) is 17.5 Å². The Hall–Kier alpha value is -1.77. The highest BCUT2D eigenvalue weighted by molar-refractivity contribution is 5.89. The molecule has 0 unspecified atom stereocenters. The molecule has 0 spiro atoms. The highest BCUT2D eigenvalue weighted by Gasteiger charge is 2.53. The molecule has 1 fully saturated rings. The molecule has 0 saturated heterocycles. The second-order valence-electron chi connectivity index (χ2n) is 7.60. The van der Waals surface area contributed by atoms with Gasteiger partial charge in [0.25, 0.3) is 0 Å². The van der Waals surface area contributed by atoms with Crippen molar-refractivity contribution in [3.63, 3.8) is 0 Å². The molecule has 3 nitrogen and oxygen atoms in total. The smallest absolute Gasteiger partial charge is 0.331 e. The Morgan fingerprint density at radius 1 is 1.35 bits per heavy atom. The van der Waals surface area contributed by atoms with Crippen molar-refractivity contribution in [2.24, 2.45) is 17.3 Å². The van der Waals surface area contributed by atoms with Crippen LogP contribution in [0, 0.1) is 17.3 Å². The number of rotatable bonds is 2. The maximum atomic E-state index is 11.6. The predicted molar refractivity (Wildman–Crippen MR) is 88.7 cm³/mol. The van der Waals surface area contributed by atoms with Gasteiger partial charge in [0.2, 0.25) is 0 Å². The maximum absolute atomic E-state index is 11.6. The first-order valence-corrected chi connectivity index (χ1v) is 8.65. The molecule has 0 heterocycles. The van der Waals surface area contributed by atoms with E-state index < -0.39 is 5.97 Å². The van der Waals surface area contributed by atoms with Crippen LogP contribution in [0.4, 0.5) is 0 Å². The summed E-state index contributed by atoms with van der Waals surface area (Å²) in [5.41, 5.74) is 3.45. The third-order valence-corrected chi connectivity index (χ3v) is 6.74. The Morgan fingerprint density at radius 2 is 2.17 bits per heavy atom. The quantitative estimate of drug-likeness (QED) is 0.891. The topological polar surface area (TPSA) is 46.5 Å². The number of ether oxygens (including phenoxy) is 1. The zero-order chi connectivity index (χ0) is 16.2. The van der Waals surface area contributed by atoms with Crippen LogP contribution in [0.5, 0.6) is 5.75 Å². The number of hydrogen-bond donors (Lipinski definition) is 1. The highest BCUT2D eigenvalue weighted by Crippen LogP contribution is 2.61. The molecular formula is C20H24O3. The number of carboxylic acid groups (broad SMARTS) is 1. The molecule has 23 heavy (non-hydrogen) atoms. The van der Waals surface area contributed by atoms with Crippen LogP contribution >= 0.6 is 0 Å². The van der Waals surface area contributed by atoms with Gasteiger partial charge in [-0.1, -0.05) is 19.1 Å². The van der Waals surface area contributed by atoms with Crippen LogP contribution in [0.2, 0.25) is 0 Å². The lowest BCUT2D eigenvalue weighted by Crippen LogP contribution is -2.42. The Kier molecular flexibility index (Phi) is 3.29. The number of carboxylic acids is 1. The molecule has 1 N–H and O–H groups in total. The van der Waals surface area contributed by atoms with Gasteiger partial charge in [-0.05, 0) is 73.1 Å². The first-order chi connectivity index (χ1) is 11.0. The molecular weight excluding hydrogens is 288 g/mol. The standard InChI is InChI=1S/C20H24O3/c1-20-10-9-15-14-6-4-13(23-2)11-12(14)3-5-16(15)17(20)7-8-18(20)19(21)22/h4,6,8,11,15-17H,3,5,7,9-10H2,1-2H3,(H,21,22)/t15-,16-,17-,20+/m1/s1. The number of benzene rings is 1. The molecule has 122 valence electrons. The number of aryl methyl sites for hydroxylation is 1. The summed E-state index contributed by atoms with van der Waals surface area (Å²) >= 11 is 0. The van der Waals surface area contributed by atoms with E-state index in [4.69, 9.17) is 4.74 Å². The Labute approximate surface area is 137 Å². The second kappa shape index (κ2) is 5.12. The monoisotopic (exact) mass is 312 g/mol. The van der Waals surface area contributed by atoms with Gasteiger partial charge >= 0.3 is 5.97 Å². The molecule has 0 bridgehead atoms. The summed E-state index contributed by atoms with van der Waals surface area (Å²) in [6, 6.07) is 6.51. The van der Waals surface area contributed by atoms with Gasteiger partial charge in [-0.3, -0.25) is 0 Å². The maximum Gasteiger partial charge on any atom is 0.331 e. The molecule has 0 aromatic heterocycles. The van der Waals surface area contributed by atoms with Crippen molar-refractivity contribution in [3.8, 4) is 5.75 Å². The average molecular weight is 312 g/mol. The molecule has 0 radical (unpaired) electrons. The van der Waals surface area contributed by atoms with Crippen molar-refractivity contribution in [1.82, 2.24) is 0 Å². The molecule has 1 aromatic carbocycles.